The van der Waals surface area contributed by atoms with E-state index in [0.29, 0.717) is 12.8 Å². The van der Waals surface area contributed by atoms with Gasteiger partial charge in [0, 0.05) is 6.42 Å². The van der Waals surface area contributed by atoms with Crippen LogP contribution >= 0.6 is 0 Å². The predicted octanol–water partition coefficient (Wildman–Crippen LogP) is 18.3. The predicted molar refractivity (Wildman–Crippen MR) is 383 cm³/mol. The van der Waals surface area contributed by atoms with Gasteiger partial charge in [0.05, 0.1) is 32.0 Å². The minimum absolute atomic E-state index is 0.196. The third-order valence-electron chi connectivity index (χ3n) is 20.6. The second-order valence-corrected chi connectivity index (χ2v) is 29.3. The molecule has 9 N–H and O–H groups in total. The summed E-state index contributed by atoms with van der Waals surface area (Å²) in [4.78, 5) is 13.4. The zero-order valence-electron chi connectivity index (χ0n) is 60.8. The van der Waals surface area contributed by atoms with Gasteiger partial charge in [-0.2, -0.15) is 0 Å². The van der Waals surface area contributed by atoms with Crippen molar-refractivity contribution in [2.75, 3.05) is 19.8 Å². The summed E-state index contributed by atoms with van der Waals surface area (Å²) in [7, 11) is 0. The monoisotopic (exact) mass is 1330 g/mol. The highest BCUT2D eigenvalue weighted by Crippen LogP contribution is 2.31. The average Bonchev–Trinajstić information content (AvgIpc) is 0.958. The van der Waals surface area contributed by atoms with E-state index in [-0.39, 0.29) is 12.5 Å². The fourth-order valence-corrected chi connectivity index (χ4v) is 14.1. The number of unbranched alkanes of at least 4 members (excludes halogenated alkanes) is 57. The second kappa shape index (κ2) is 64.4. The summed E-state index contributed by atoms with van der Waals surface area (Å²) in [5.41, 5.74) is 0. The first kappa shape index (κ1) is 88.1. The first-order valence-corrected chi connectivity index (χ1v) is 40.8. The number of nitrogens with one attached hydrogen (secondary N) is 1. The Bertz CT molecular complexity index is 1560. The molecule has 12 atom stereocenters. The molecule has 0 aliphatic carbocycles. The van der Waals surface area contributed by atoms with Crippen molar-refractivity contribution < 1.29 is 64.6 Å². The van der Waals surface area contributed by atoms with Gasteiger partial charge in [0.25, 0.3) is 0 Å². The Morgan fingerprint density at radius 2 is 0.613 bits per heavy atom. The van der Waals surface area contributed by atoms with Crippen molar-refractivity contribution in [3.05, 3.63) is 0 Å². The average molecular weight is 1330 g/mol. The molecule has 0 aromatic heterocycles. The fourth-order valence-electron chi connectivity index (χ4n) is 14.1. The van der Waals surface area contributed by atoms with Crippen molar-refractivity contribution in [3.8, 4) is 0 Å². The van der Waals surface area contributed by atoms with Gasteiger partial charge in [0.15, 0.2) is 12.6 Å². The van der Waals surface area contributed by atoms with Gasteiger partial charge in [-0.1, -0.05) is 386 Å². The molecule has 2 heterocycles. The zero-order chi connectivity index (χ0) is 67.3. The molecule has 14 heteroatoms. The van der Waals surface area contributed by atoms with Gasteiger partial charge in [-0.25, -0.2) is 0 Å². The molecule has 12 unspecified atom stereocenters. The number of hydrogen-bond acceptors (Lipinski definition) is 13. The molecule has 2 aliphatic rings. The van der Waals surface area contributed by atoms with E-state index in [2.05, 4.69) is 19.2 Å². The molecular weight excluding hydrogens is 1170 g/mol. The Labute approximate surface area is 572 Å². The Morgan fingerprint density at radius 3 is 0.914 bits per heavy atom. The normalized spacial score (nSPS) is 22.4. The molecule has 0 saturated carbocycles. The molecular formula is C79H155NO13. The lowest BCUT2D eigenvalue weighted by Crippen LogP contribution is -2.65. The molecule has 554 valence electrons. The van der Waals surface area contributed by atoms with Crippen LogP contribution < -0.4 is 5.32 Å². The Kier molecular flexibility index (Phi) is 61.0. The third-order valence-corrected chi connectivity index (χ3v) is 20.6. The highest BCUT2D eigenvalue weighted by molar-refractivity contribution is 5.76. The Morgan fingerprint density at radius 1 is 0.344 bits per heavy atom. The number of carbonyl (C=O) groups is 1. The van der Waals surface area contributed by atoms with E-state index in [9.17, 15) is 45.6 Å². The lowest BCUT2D eigenvalue weighted by Gasteiger charge is -2.46. The molecule has 14 nitrogen and oxygen atoms in total. The highest BCUT2D eigenvalue weighted by atomic mass is 16.7. The van der Waals surface area contributed by atoms with Gasteiger partial charge in [0.1, 0.15) is 48.8 Å². The first-order chi connectivity index (χ1) is 45.6. The maximum absolute atomic E-state index is 13.4. The molecule has 2 fully saturated rings. The molecule has 0 spiro atoms. The maximum atomic E-state index is 13.4. The quantitative estimate of drug-likeness (QED) is 0.0259. The molecule has 93 heavy (non-hydrogen) atoms. The summed E-state index contributed by atoms with van der Waals surface area (Å²) in [5, 5.41) is 87.7. The van der Waals surface area contributed by atoms with Gasteiger partial charge in [-0.05, 0) is 12.8 Å². The summed E-state index contributed by atoms with van der Waals surface area (Å²) < 4.78 is 23.0. The highest BCUT2D eigenvalue weighted by Gasteiger charge is 2.51. The first-order valence-electron chi connectivity index (χ1n) is 40.8. The lowest BCUT2D eigenvalue weighted by molar-refractivity contribution is -0.359. The van der Waals surface area contributed by atoms with Crippen LogP contribution in [0.1, 0.15) is 406 Å². The van der Waals surface area contributed by atoms with Gasteiger partial charge in [-0.15, -0.1) is 0 Å². The van der Waals surface area contributed by atoms with Gasteiger partial charge in [0.2, 0.25) is 5.91 Å². The van der Waals surface area contributed by atoms with Crippen molar-refractivity contribution >= 4 is 5.91 Å². The molecule has 2 aliphatic heterocycles. The maximum Gasteiger partial charge on any atom is 0.220 e. The zero-order valence-corrected chi connectivity index (χ0v) is 60.8. The molecule has 2 rings (SSSR count). The Balaban J connectivity index is 1.52. The number of aliphatic hydroxyl groups excluding tert-OH is 8. The number of rotatable bonds is 70. The summed E-state index contributed by atoms with van der Waals surface area (Å²) in [6, 6.07) is -0.825. The standard InChI is InChI=1S/C79H155NO13/c1-3-5-7-9-11-13-15-17-19-21-23-24-25-26-27-28-29-30-31-32-33-34-35-36-37-38-39-40-41-42-43-44-45-47-49-51-53-55-57-59-61-63-71(84)80-67(68(83)62-60-58-56-54-52-50-48-46-22-20-18-16-14-12-10-8-6-4-2)66-90-78-76(89)74(87)77(70(65-82)92-78)93-79-75(88)73(86)72(85)69(64-81)91-79/h67-70,72-79,81-83,85-89H,3-66H2,1-2H3,(H,80,84). The number of carbonyl (C=O) groups excluding carboxylic acids is 1. The molecule has 1 amide bonds. The van der Waals surface area contributed by atoms with Crippen LogP contribution in [0.2, 0.25) is 0 Å². The van der Waals surface area contributed by atoms with Crippen LogP contribution in [0.25, 0.3) is 0 Å². The molecule has 0 bridgehead atoms. The molecule has 0 aromatic rings. The van der Waals surface area contributed by atoms with Crippen LogP contribution in [0, 0.1) is 0 Å². The number of hydrogen-bond donors (Lipinski definition) is 9. The van der Waals surface area contributed by atoms with Crippen LogP contribution in [-0.4, -0.2) is 140 Å². The summed E-state index contributed by atoms with van der Waals surface area (Å²) >= 11 is 0. The smallest absolute Gasteiger partial charge is 0.220 e. The van der Waals surface area contributed by atoms with Crippen molar-refractivity contribution in [1.29, 1.82) is 0 Å². The van der Waals surface area contributed by atoms with E-state index in [0.717, 1.165) is 51.4 Å². The third kappa shape index (κ3) is 47.6. The minimum Gasteiger partial charge on any atom is -0.394 e. The SMILES string of the molecule is CCCCCCCCCCCCCCCCCCCCCCCCCCCCCCCCCCCCCCCCCCCC(=O)NC(COC1OC(CO)C(OC2OC(CO)C(O)C(O)C2O)C(O)C1O)C(O)CCCCCCCCCCCCCCCCCCCC. The second-order valence-electron chi connectivity index (χ2n) is 29.3. The van der Waals surface area contributed by atoms with E-state index in [1.165, 1.54) is 327 Å². The van der Waals surface area contributed by atoms with Crippen LogP contribution in [0.15, 0.2) is 0 Å². The van der Waals surface area contributed by atoms with Gasteiger partial charge < -0.3 is 65.1 Å². The van der Waals surface area contributed by atoms with Crippen LogP contribution in [0.5, 0.6) is 0 Å². The molecule has 2 saturated heterocycles. The summed E-state index contributed by atoms with van der Waals surface area (Å²) in [6.45, 7) is 2.94. The molecule has 0 radical (unpaired) electrons. The van der Waals surface area contributed by atoms with Crippen LogP contribution in [0.3, 0.4) is 0 Å². The van der Waals surface area contributed by atoms with E-state index in [1.54, 1.807) is 0 Å². The van der Waals surface area contributed by atoms with E-state index < -0.39 is 86.8 Å². The largest absolute Gasteiger partial charge is 0.394 e. The lowest BCUT2D eigenvalue weighted by atomic mass is 9.97. The van der Waals surface area contributed by atoms with Gasteiger partial charge in [-0.3, -0.25) is 4.79 Å². The van der Waals surface area contributed by atoms with Crippen LogP contribution in [0.4, 0.5) is 0 Å². The van der Waals surface area contributed by atoms with E-state index >= 15 is 0 Å². The summed E-state index contributed by atoms with van der Waals surface area (Å²) in [5.74, 6) is -0.196. The fraction of sp³-hybridized carbons (Fsp3) is 0.987. The van der Waals surface area contributed by atoms with Crippen molar-refractivity contribution in [1.82, 2.24) is 5.32 Å². The summed E-state index contributed by atoms with van der Waals surface area (Å²) in [6.07, 6.45) is 63.2. The van der Waals surface area contributed by atoms with Gasteiger partial charge >= 0.3 is 0 Å². The number of ether oxygens (including phenoxy) is 4. The van der Waals surface area contributed by atoms with E-state index in [1.807, 2.05) is 0 Å². The van der Waals surface area contributed by atoms with E-state index in [4.69, 9.17) is 18.9 Å². The topological polar surface area (TPSA) is 228 Å². The van der Waals surface area contributed by atoms with Crippen molar-refractivity contribution in [3.63, 3.8) is 0 Å². The van der Waals surface area contributed by atoms with Crippen molar-refractivity contribution in [2.24, 2.45) is 0 Å². The van der Waals surface area contributed by atoms with Crippen LogP contribution in [-0.2, 0) is 23.7 Å². The van der Waals surface area contributed by atoms with Crippen molar-refractivity contribution in [2.45, 2.75) is 479 Å². The Hall–Kier alpha value is -1.01. The number of aliphatic hydroxyl groups is 8. The number of amides is 1. The minimum atomic E-state index is -1.78. The molecule has 0 aromatic carbocycles.